The highest BCUT2D eigenvalue weighted by Crippen LogP contribution is 2.49. The van der Waals surface area contributed by atoms with Crippen LogP contribution >= 0.6 is 15.9 Å². The molecular weight excluding hydrogens is 346 g/mol. The normalized spacial score (nSPS) is 16.1. The quantitative estimate of drug-likeness (QED) is 0.774. The van der Waals surface area contributed by atoms with Gasteiger partial charge in [-0.15, -0.1) is 0 Å². The molecule has 1 aliphatic rings. The Morgan fingerprint density at radius 1 is 1.32 bits per heavy atom. The van der Waals surface area contributed by atoms with Crippen LogP contribution in [0, 0.1) is 5.41 Å². The third-order valence-electron chi connectivity index (χ3n) is 4.96. The Morgan fingerprint density at radius 2 is 1.95 bits per heavy atom. The van der Waals surface area contributed by atoms with Gasteiger partial charge in [-0.3, -0.25) is 9.59 Å². The minimum absolute atomic E-state index is 0.0573. The van der Waals surface area contributed by atoms with E-state index in [4.69, 9.17) is 0 Å². The summed E-state index contributed by atoms with van der Waals surface area (Å²) in [6, 6.07) is 7.78. The van der Waals surface area contributed by atoms with Crippen molar-refractivity contribution < 1.29 is 14.7 Å². The number of carboxylic acid groups (broad SMARTS) is 1. The Kier molecular flexibility index (Phi) is 4.95. The van der Waals surface area contributed by atoms with E-state index in [0.29, 0.717) is 12.8 Å². The minimum Gasteiger partial charge on any atom is -0.481 e. The molecule has 0 aromatic heterocycles. The van der Waals surface area contributed by atoms with Crippen molar-refractivity contribution >= 4 is 27.8 Å². The fourth-order valence-corrected chi connectivity index (χ4v) is 3.25. The van der Waals surface area contributed by atoms with E-state index in [2.05, 4.69) is 21.2 Å². The highest BCUT2D eigenvalue weighted by molar-refractivity contribution is 9.10. The maximum absolute atomic E-state index is 12.6. The molecule has 0 radical (unpaired) electrons. The van der Waals surface area contributed by atoms with Crippen molar-refractivity contribution in [3.8, 4) is 0 Å². The van der Waals surface area contributed by atoms with Crippen LogP contribution in [0.4, 0.5) is 0 Å². The van der Waals surface area contributed by atoms with E-state index >= 15 is 0 Å². The standard InChI is InChI=1S/C17H22BrNO3/c1-3-16(4-2,15(21)22)11-19-14(20)17(8-9-17)12-6-5-7-13(18)10-12/h5-7,10H,3-4,8-9,11H2,1-2H3,(H,19,20)(H,21,22). The van der Waals surface area contributed by atoms with Gasteiger partial charge < -0.3 is 10.4 Å². The molecule has 1 aliphatic carbocycles. The second kappa shape index (κ2) is 6.41. The van der Waals surface area contributed by atoms with Gasteiger partial charge in [-0.25, -0.2) is 0 Å². The second-order valence-electron chi connectivity index (χ2n) is 6.07. The highest BCUT2D eigenvalue weighted by atomic mass is 79.9. The lowest BCUT2D eigenvalue weighted by Gasteiger charge is -2.28. The third-order valence-corrected chi connectivity index (χ3v) is 5.45. The first-order chi connectivity index (χ1) is 10.4. The number of carboxylic acids is 1. The largest absolute Gasteiger partial charge is 0.481 e. The summed E-state index contributed by atoms with van der Waals surface area (Å²) in [6.07, 6.45) is 2.63. The number of carbonyl (C=O) groups is 2. The summed E-state index contributed by atoms with van der Waals surface area (Å²) in [5.74, 6) is -0.900. The number of aliphatic carboxylic acids is 1. The predicted octanol–water partition coefficient (Wildman–Crippen LogP) is 3.49. The Labute approximate surface area is 139 Å². The van der Waals surface area contributed by atoms with Gasteiger partial charge in [-0.1, -0.05) is 41.9 Å². The van der Waals surface area contributed by atoms with Gasteiger partial charge in [0.2, 0.25) is 5.91 Å². The summed E-state index contributed by atoms with van der Waals surface area (Å²) in [5, 5.41) is 12.3. The summed E-state index contributed by atoms with van der Waals surface area (Å²) >= 11 is 3.43. The Morgan fingerprint density at radius 3 is 2.41 bits per heavy atom. The lowest BCUT2D eigenvalue weighted by molar-refractivity contribution is -0.149. The van der Waals surface area contributed by atoms with E-state index < -0.39 is 16.8 Å². The predicted molar refractivity (Wildman–Crippen MR) is 88.7 cm³/mol. The van der Waals surface area contributed by atoms with Crippen molar-refractivity contribution in [3.63, 3.8) is 0 Å². The molecule has 0 spiro atoms. The number of benzene rings is 1. The van der Waals surface area contributed by atoms with Gasteiger partial charge in [0.15, 0.2) is 0 Å². The van der Waals surface area contributed by atoms with Crippen LogP contribution in [0.25, 0.3) is 0 Å². The molecule has 0 atom stereocenters. The maximum atomic E-state index is 12.6. The summed E-state index contributed by atoms with van der Waals surface area (Å²) in [4.78, 5) is 24.1. The zero-order valence-corrected chi connectivity index (χ0v) is 14.6. The van der Waals surface area contributed by atoms with Crippen LogP contribution in [0.5, 0.6) is 0 Å². The Balaban J connectivity index is 2.11. The SMILES string of the molecule is CCC(CC)(CNC(=O)C1(c2cccc(Br)c2)CC1)C(=O)O. The molecule has 1 aromatic carbocycles. The summed E-state index contributed by atoms with van der Waals surface area (Å²) < 4.78 is 0.950. The van der Waals surface area contributed by atoms with Crippen LogP contribution in [-0.2, 0) is 15.0 Å². The summed E-state index contributed by atoms with van der Waals surface area (Å²) in [7, 11) is 0. The number of halogens is 1. The molecule has 0 aliphatic heterocycles. The molecule has 0 heterocycles. The van der Waals surface area contributed by atoms with Crippen molar-refractivity contribution in [2.75, 3.05) is 6.54 Å². The van der Waals surface area contributed by atoms with E-state index in [1.807, 2.05) is 38.1 Å². The molecule has 1 saturated carbocycles. The van der Waals surface area contributed by atoms with Gasteiger partial charge in [-0.05, 0) is 43.4 Å². The van der Waals surface area contributed by atoms with E-state index in [1.165, 1.54) is 0 Å². The number of nitrogens with one attached hydrogen (secondary N) is 1. The van der Waals surface area contributed by atoms with E-state index in [0.717, 1.165) is 22.9 Å². The van der Waals surface area contributed by atoms with Crippen LogP contribution in [0.2, 0.25) is 0 Å². The molecule has 120 valence electrons. The molecule has 2 N–H and O–H groups in total. The van der Waals surface area contributed by atoms with Crippen LogP contribution in [0.3, 0.4) is 0 Å². The van der Waals surface area contributed by atoms with Crippen molar-refractivity contribution in [1.82, 2.24) is 5.32 Å². The first kappa shape index (κ1) is 17.0. The molecule has 22 heavy (non-hydrogen) atoms. The van der Waals surface area contributed by atoms with E-state index in [1.54, 1.807) is 0 Å². The average Bonchev–Trinajstić information content (AvgIpc) is 3.30. The molecule has 2 rings (SSSR count). The van der Waals surface area contributed by atoms with Gasteiger partial charge in [0, 0.05) is 11.0 Å². The molecule has 4 nitrogen and oxygen atoms in total. The highest BCUT2D eigenvalue weighted by Gasteiger charge is 2.51. The van der Waals surface area contributed by atoms with Crippen molar-refractivity contribution in [3.05, 3.63) is 34.3 Å². The number of carbonyl (C=O) groups excluding carboxylic acids is 1. The van der Waals surface area contributed by atoms with Crippen LogP contribution in [0.1, 0.15) is 45.1 Å². The molecule has 0 bridgehead atoms. The molecular formula is C17H22BrNO3. The summed E-state index contributed by atoms with van der Waals surface area (Å²) in [6.45, 7) is 3.89. The molecule has 5 heteroatoms. The smallest absolute Gasteiger partial charge is 0.311 e. The average molecular weight is 368 g/mol. The number of hydrogen-bond acceptors (Lipinski definition) is 2. The first-order valence-electron chi connectivity index (χ1n) is 7.68. The monoisotopic (exact) mass is 367 g/mol. The molecule has 0 saturated heterocycles. The van der Waals surface area contributed by atoms with Crippen LogP contribution < -0.4 is 5.32 Å². The van der Waals surface area contributed by atoms with Gasteiger partial charge >= 0.3 is 5.97 Å². The molecule has 1 aromatic rings. The van der Waals surface area contributed by atoms with Gasteiger partial charge in [-0.2, -0.15) is 0 Å². The van der Waals surface area contributed by atoms with Gasteiger partial charge in [0.05, 0.1) is 10.8 Å². The van der Waals surface area contributed by atoms with Crippen molar-refractivity contribution in [2.45, 2.75) is 44.9 Å². The molecule has 1 fully saturated rings. The fraction of sp³-hybridized carbons (Fsp3) is 0.529. The van der Waals surface area contributed by atoms with Crippen molar-refractivity contribution in [1.29, 1.82) is 0 Å². The number of amides is 1. The Bertz CT molecular complexity index is 577. The fourth-order valence-electron chi connectivity index (χ4n) is 2.85. The maximum Gasteiger partial charge on any atom is 0.311 e. The second-order valence-corrected chi connectivity index (χ2v) is 6.98. The van der Waals surface area contributed by atoms with Gasteiger partial charge in [0.1, 0.15) is 0 Å². The lowest BCUT2D eigenvalue weighted by atomic mass is 9.82. The molecule has 0 unspecified atom stereocenters. The zero-order valence-electron chi connectivity index (χ0n) is 13.0. The topological polar surface area (TPSA) is 66.4 Å². The Hall–Kier alpha value is -1.36. The van der Waals surface area contributed by atoms with Crippen molar-refractivity contribution in [2.24, 2.45) is 5.41 Å². The van der Waals surface area contributed by atoms with Gasteiger partial charge in [0.25, 0.3) is 0 Å². The van der Waals surface area contributed by atoms with Crippen LogP contribution in [-0.4, -0.2) is 23.5 Å². The molecule has 1 amide bonds. The lowest BCUT2D eigenvalue weighted by Crippen LogP contribution is -2.45. The minimum atomic E-state index is -0.872. The summed E-state index contributed by atoms with van der Waals surface area (Å²) in [5.41, 5.74) is -0.355. The number of rotatable bonds is 7. The van der Waals surface area contributed by atoms with E-state index in [9.17, 15) is 14.7 Å². The van der Waals surface area contributed by atoms with E-state index in [-0.39, 0.29) is 12.5 Å². The number of hydrogen-bond donors (Lipinski definition) is 2. The first-order valence-corrected chi connectivity index (χ1v) is 8.47. The zero-order chi connectivity index (χ0) is 16.4. The third kappa shape index (κ3) is 3.05. The van der Waals surface area contributed by atoms with Crippen LogP contribution in [0.15, 0.2) is 28.7 Å².